The van der Waals surface area contributed by atoms with Crippen LogP contribution in [-0.2, 0) is 8.49 Å². The van der Waals surface area contributed by atoms with E-state index in [-0.39, 0.29) is 5.41 Å². The number of thiol groups is 1. The Morgan fingerprint density at radius 1 is 1.53 bits per heavy atom. The Morgan fingerprint density at radius 3 is 2.71 bits per heavy atom. The molecule has 0 aliphatic carbocycles. The average Bonchev–Trinajstić information content (AvgIpc) is 2.26. The fourth-order valence-corrected chi connectivity index (χ4v) is 2.67. The summed E-state index contributed by atoms with van der Waals surface area (Å²) in [6, 6.07) is 0. The van der Waals surface area contributed by atoms with Gasteiger partial charge in [-0.25, -0.2) is 0 Å². The molecule has 17 heavy (non-hydrogen) atoms. The van der Waals surface area contributed by atoms with Crippen molar-refractivity contribution in [3.63, 3.8) is 0 Å². The van der Waals surface area contributed by atoms with Crippen LogP contribution in [0.25, 0.3) is 0 Å². The van der Waals surface area contributed by atoms with Gasteiger partial charge in [0.05, 0.1) is 0 Å². The molecule has 0 aliphatic heterocycles. The first-order valence-corrected chi connectivity index (χ1v) is 8.68. The Kier molecular flexibility index (Phi) is 9.84. The van der Waals surface area contributed by atoms with Crippen molar-refractivity contribution in [2.75, 3.05) is 31.8 Å². The van der Waals surface area contributed by atoms with Crippen LogP contribution < -0.4 is 5.32 Å². The third-order valence-corrected chi connectivity index (χ3v) is 4.99. The van der Waals surface area contributed by atoms with E-state index in [2.05, 4.69) is 38.4 Å². The van der Waals surface area contributed by atoms with E-state index in [1.807, 2.05) is 6.66 Å². The Morgan fingerprint density at radius 2 is 2.18 bits per heavy atom. The molecule has 0 bridgehead atoms. The van der Waals surface area contributed by atoms with Gasteiger partial charge in [0.1, 0.15) is 0 Å². The molecular formula is C11H24NO2PS2. The zero-order valence-electron chi connectivity index (χ0n) is 11.2. The Bertz CT molecular complexity index is 228. The third kappa shape index (κ3) is 10.2. The van der Waals surface area contributed by atoms with Gasteiger partial charge in [-0.3, -0.25) is 3.97 Å². The van der Waals surface area contributed by atoms with E-state index in [1.54, 1.807) is 7.11 Å². The molecule has 0 saturated carbocycles. The van der Waals surface area contributed by atoms with Crippen LogP contribution in [0.4, 0.5) is 0 Å². The lowest BCUT2D eigenvalue weighted by atomic mass is 9.96. The molecule has 0 saturated heterocycles. The summed E-state index contributed by atoms with van der Waals surface area (Å²) in [6.07, 6.45) is 0.909. The lowest BCUT2D eigenvalue weighted by molar-refractivity contribution is 0.393. The second kappa shape index (κ2) is 9.51. The molecule has 0 fully saturated rings. The van der Waals surface area contributed by atoms with Gasteiger partial charge in [-0.2, -0.15) is 12.6 Å². The van der Waals surface area contributed by atoms with Gasteiger partial charge in [0.2, 0.25) is 0 Å². The standard InChI is InChI=1S/C11H24NO2PS2/c1-10(6-7-16)12-8-11(2,3)9-17-14-15(5)13-4/h12,16H,1,6-9H2,2-5H3. The van der Waals surface area contributed by atoms with Crippen LogP contribution in [0, 0.1) is 5.41 Å². The van der Waals surface area contributed by atoms with E-state index in [9.17, 15) is 0 Å². The van der Waals surface area contributed by atoms with Crippen LogP contribution in [0.15, 0.2) is 12.3 Å². The van der Waals surface area contributed by atoms with Gasteiger partial charge < -0.3 is 9.84 Å². The van der Waals surface area contributed by atoms with Gasteiger partial charge >= 0.3 is 0 Å². The maximum atomic E-state index is 5.48. The van der Waals surface area contributed by atoms with Crippen molar-refractivity contribution in [1.82, 2.24) is 5.32 Å². The molecule has 1 N–H and O–H groups in total. The number of hydrogen-bond donors (Lipinski definition) is 2. The molecule has 3 nitrogen and oxygen atoms in total. The maximum absolute atomic E-state index is 5.48. The normalized spacial score (nSPS) is 13.5. The predicted molar refractivity (Wildman–Crippen MR) is 82.8 cm³/mol. The molecule has 0 heterocycles. The predicted octanol–water partition coefficient (Wildman–Crippen LogP) is 3.69. The van der Waals surface area contributed by atoms with Crippen molar-refractivity contribution in [3.05, 3.63) is 12.3 Å². The lowest BCUT2D eigenvalue weighted by Crippen LogP contribution is -2.30. The molecular weight excluding hydrogens is 273 g/mol. The number of allylic oxidation sites excluding steroid dienone is 1. The highest BCUT2D eigenvalue weighted by Gasteiger charge is 2.19. The van der Waals surface area contributed by atoms with Crippen molar-refractivity contribution in [2.24, 2.45) is 5.41 Å². The Balaban J connectivity index is 3.75. The summed E-state index contributed by atoms with van der Waals surface area (Å²) < 4.78 is 10.6. The Labute approximate surface area is 117 Å². The molecule has 0 aromatic carbocycles. The van der Waals surface area contributed by atoms with E-state index in [0.717, 1.165) is 30.2 Å². The fraction of sp³-hybridized carbons (Fsp3) is 0.818. The van der Waals surface area contributed by atoms with Crippen molar-refractivity contribution in [2.45, 2.75) is 20.3 Å². The van der Waals surface area contributed by atoms with Crippen LogP contribution in [0.1, 0.15) is 20.3 Å². The third-order valence-electron chi connectivity index (χ3n) is 2.09. The topological polar surface area (TPSA) is 30.5 Å². The SMILES string of the molecule is C=C(CCS)NCC(C)(C)CSOP(C)OC. The van der Waals surface area contributed by atoms with Gasteiger partial charge in [-0.1, -0.05) is 20.4 Å². The van der Waals surface area contributed by atoms with Gasteiger partial charge in [-0.15, -0.1) is 0 Å². The monoisotopic (exact) mass is 297 g/mol. The van der Waals surface area contributed by atoms with Gasteiger partial charge in [0.25, 0.3) is 0 Å². The molecule has 0 spiro atoms. The zero-order chi connectivity index (χ0) is 13.3. The molecule has 1 atom stereocenters. The zero-order valence-corrected chi connectivity index (χ0v) is 13.8. The highest BCUT2D eigenvalue weighted by atomic mass is 32.2. The summed E-state index contributed by atoms with van der Waals surface area (Å²) in [5.41, 5.74) is 1.21. The van der Waals surface area contributed by atoms with E-state index in [0.29, 0.717) is 0 Å². The second-order valence-corrected chi connectivity index (χ2v) is 7.37. The summed E-state index contributed by atoms with van der Waals surface area (Å²) in [5, 5.41) is 3.34. The highest BCUT2D eigenvalue weighted by molar-refractivity contribution is 7.97. The molecule has 0 aromatic rings. The van der Waals surface area contributed by atoms with Gasteiger partial charge in [0.15, 0.2) is 8.38 Å². The maximum Gasteiger partial charge on any atom is 0.180 e. The minimum atomic E-state index is -0.744. The van der Waals surface area contributed by atoms with Gasteiger partial charge in [0, 0.05) is 31.8 Å². The van der Waals surface area contributed by atoms with E-state index < -0.39 is 8.38 Å². The van der Waals surface area contributed by atoms with E-state index in [4.69, 9.17) is 8.49 Å². The largest absolute Gasteiger partial charge is 0.388 e. The molecule has 0 aliphatic rings. The van der Waals surface area contributed by atoms with Crippen molar-refractivity contribution in [1.29, 1.82) is 0 Å². The molecule has 0 amide bonds. The van der Waals surface area contributed by atoms with Crippen molar-refractivity contribution >= 4 is 33.0 Å². The molecule has 0 radical (unpaired) electrons. The van der Waals surface area contributed by atoms with E-state index >= 15 is 0 Å². The number of nitrogens with one attached hydrogen (secondary N) is 1. The summed E-state index contributed by atoms with van der Waals surface area (Å²) in [4.78, 5) is 0. The average molecular weight is 297 g/mol. The summed E-state index contributed by atoms with van der Waals surface area (Å²) in [7, 11) is 0.923. The number of hydrogen-bond acceptors (Lipinski definition) is 5. The van der Waals surface area contributed by atoms with Gasteiger partial charge in [-0.05, 0) is 29.6 Å². The molecule has 6 heteroatoms. The summed E-state index contributed by atoms with van der Waals surface area (Å²) in [6.45, 7) is 11.2. The van der Waals surface area contributed by atoms with Crippen LogP contribution >= 0.6 is 33.0 Å². The van der Waals surface area contributed by atoms with Crippen molar-refractivity contribution in [3.8, 4) is 0 Å². The first-order valence-electron chi connectivity index (χ1n) is 5.51. The minimum Gasteiger partial charge on any atom is -0.388 e. The molecule has 0 rings (SSSR count). The molecule has 102 valence electrons. The summed E-state index contributed by atoms with van der Waals surface area (Å²) >= 11 is 5.66. The number of rotatable bonds is 10. The first kappa shape index (κ1) is 17.6. The van der Waals surface area contributed by atoms with Crippen LogP contribution in [0.3, 0.4) is 0 Å². The van der Waals surface area contributed by atoms with Crippen LogP contribution in [0.5, 0.6) is 0 Å². The quantitative estimate of drug-likeness (QED) is 0.366. The Hall–Kier alpha value is 0.590. The minimum absolute atomic E-state index is 0.161. The van der Waals surface area contributed by atoms with Crippen molar-refractivity contribution < 1.29 is 8.49 Å². The molecule has 0 aromatic heterocycles. The first-order chi connectivity index (χ1) is 7.91. The smallest absolute Gasteiger partial charge is 0.180 e. The van der Waals surface area contributed by atoms with E-state index in [1.165, 1.54) is 12.0 Å². The highest BCUT2D eigenvalue weighted by Crippen LogP contribution is 2.39. The van der Waals surface area contributed by atoms with Crippen LogP contribution in [0.2, 0.25) is 0 Å². The second-order valence-electron chi connectivity index (χ2n) is 4.55. The lowest BCUT2D eigenvalue weighted by Gasteiger charge is -2.25. The fourth-order valence-electron chi connectivity index (χ4n) is 0.929. The summed E-state index contributed by atoms with van der Waals surface area (Å²) in [5.74, 6) is 1.75. The molecule has 1 unspecified atom stereocenters. The van der Waals surface area contributed by atoms with Crippen LogP contribution in [-0.4, -0.2) is 31.8 Å².